The maximum atomic E-state index is 5.75. The summed E-state index contributed by atoms with van der Waals surface area (Å²) in [5, 5.41) is 3.05. The van der Waals surface area contributed by atoms with Crippen LogP contribution in [0.15, 0.2) is 16.6 Å². The summed E-state index contributed by atoms with van der Waals surface area (Å²) in [5.74, 6) is 0. The second-order valence-electron chi connectivity index (χ2n) is 1.77. The number of nitrogens with zero attached hydrogens (tertiary/aromatic N) is 3. The van der Waals surface area contributed by atoms with Gasteiger partial charge in [-0.05, 0) is 10.3 Å². The molecule has 0 amide bonds. The van der Waals surface area contributed by atoms with Crippen LogP contribution in [-0.2, 0) is 0 Å². The molecular weight excluding hydrogens is 234 g/mol. The highest BCUT2D eigenvalue weighted by atomic mass is 35.5. The highest BCUT2D eigenvalue weighted by Gasteiger charge is 1.97. The van der Waals surface area contributed by atoms with Crippen LogP contribution in [0.1, 0.15) is 0 Å². The van der Waals surface area contributed by atoms with Gasteiger partial charge in [-0.1, -0.05) is 11.6 Å². The van der Waals surface area contributed by atoms with E-state index in [2.05, 4.69) is 14.3 Å². The first-order valence-electron chi connectivity index (χ1n) is 2.92. The minimum absolute atomic E-state index is 0.459. The van der Waals surface area contributed by atoms with E-state index >= 15 is 0 Å². The van der Waals surface area contributed by atoms with Crippen LogP contribution in [0.3, 0.4) is 0 Å². The summed E-state index contributed by atoms with van der Waals surface area (Å²) in [6.45, 7) is 0. The summed E-state index contributed by atoms with van der Waals surface area (Å²) in [6, 6.07) is 0. The van der Waals surface area contributed by atoms with Crippen molar-refractivity contribution in [3.63, 3.8) is 0 Å². The topological polar surface area (TPSA) is 38.1 Å². The van der Waals surface area contributed by atoms with E-state index in [1.165, 1.54) is 32.2 Å². The molecular formula is C5H2ClN3S3. The Morgan fingerprint density at radius 2 is 2.42 bits per heavy atom. The second-order valence-corrected chi connectivity index (χ2v) is 4.83. The van der Waals surface area contributed by atoms with Gasteiger partial charge >= 0.3 is 0 Å². The van der Waals surface area contributed by atoms with E-state index < -0.39 is 0 Å². The first-order valence-corrected chi connectivity index (χ1v) is 6.28. The fourth-order valence-corrected chi connectivity index (χ4v) is 3.12. The van der Waals surface area contributed by atoms with Gasteiger partial charge in [0.2, 0.25) is 5.13 Å². The second kappa shape index (κ2) is 3.61. The fraction of sp³-hybridized carbons (Fsp3) is 0. The Kier molecular flexibility index (Phi) is 2.50. The molecule has 0 unspecified atom stereocenters. The minimum Gasteiger partial charge on any atom is -0.227 e. The van der Waals surface area contributed by atoms with E-state index in [1.54, 1.807) is 6.20 Å². The Balaban J connectivity index is 2.49. The molecule has 0 fully saturated rings. The zero-order chi connectivity index (χ0) is 8.39. The lowest BCUT2D eigenvalue weighted by Crippen LogP contribution is -1.91. The standard InChI is InChI=1S/C5H2ClN3S3/c6-3-4(11-12-9-3)8-5-7-1-2-10-5/h1-2H/b8-4+. The molecule has 3 nitrogen and oxygen atoms in total. The van der Waals surface area contributed by atoms with Crippen molar-refractivity contribution in [2.24, 2.45) is 4.99 Å². The van der Waals surface area contributed by atoms with Gasteiger partial charge in [0.25, 0.3) is 0 Å². The Morgan fingerprint density at radius 3 is 3.00 bits per heavy atom. The SMILES string of the molecule is Clc1nss/c1=N/c1nccs1. The van der Waals surface area contributed by atoms with Gasteiger partial charge in [0.15, 0.2) is 9.82 Å². The van der Waals surface area contributed by atoms with Crippen LogP contribution < -0.4 is 4.67 Å². The van der Waals surface area contributed by atoms with Gasteiger partial charge in [0, 0.05) is 22.1 Å². The zero-order valence-corrected chi connectivity index (χ0v) is 8.80. The Labute approximate surface area is 84.6 Å². The number of thiazole rings is 1. The van der Waals surface area contributed by atoms with Crippen molar-refractivity contribution in [3.05, 3.63) is 21.4 Å². The molecule has 7 heteroatoms. The average molecular weight is 236 g/mol. The van der Waals surface area contributed by atoms with Crippen molar-refractivity contribution in [3.8, 4) is 0 Å². The highest BCUT2D eigenvalue weighted by Crippen LogP contribution is 2.15. The Hall–Kier alpha value is -0.300. The molecule has 2 aromatic rings. The van der Waals surface area contributed by atoms with Gasteiger partial charge < -0.3 is 0 Å². The van der Waals surface area contributed by atoms with Crippen LogP contribution in [-0.4, -0.2) is 9.36 Å². The monoisotopic (exact) mass is 235 g/mol. The van der Waals surface area contributed by atoms with Gasteiger partial charge in [-0.2, -0.15) is 4.37 Å². The van der Waals surface area contributed by atoms with E-state index in [1.807, 2.05) is 5.38 Å². The van der Waals surface area contributed by atoms with Crippen molar-refractivity contribution in [1.29, 1.82) is 0 Å². The molecule has 0 aliphatic heterocycles. The summed E-state index contributed by atoms with van der Waals surface area (Å²) in [4.78, 5) is 8.21. The first-order chi connectivity index (χ1) is 5.86. The molecule has 0 aliphatic carbocycles. The van der Waals surface area contributed by atoms with Crippen molar-refractivity contribution in [2.75, 3.05) is 0 Å². The maximum absolute atomic E-state index is 5.75. The largest absolute Gasteiger partial charge is 0.227 e. The van der Waals surface area contributed by atoms with Gasteiger partial charge in [0.05, 0.1) is 0 Å². The zero-order valence-electron chi connectivity index (χ0n) is 5.60. The number of hydrogen-bond donors (Lipinski definition) is 0. The predicted molar refractivity (Wildman–Crippen MR) is 52.3 cm³/mol. The summed E-state index contributed by atoms with van der Waals surface area (Å²) >= 11 is 7.23. The first kappa shape index (κ1) is 8.31. The molecule has 62 valence electrons. The molecule has 0 atom stereocenters. The Bertz CT molecular complexity index is 415. The van der Waals surface area contributed by atoms with E-state index in [0.717, 1.165) is 4.67 Å². The molecule has 0 N–H and O–H groups in total. The maximum Gasteiger partial charge on any atom is 0.210 e. The smallest absolute Gasteiger partial charge is 0.210 e. The highest BCUT2D eigenvalue weighted by molar-refractivity contribution is 7.66. The molecule has 2 aromatic heterocycles. The predicted octanol–water partition coefficient (Wildman–Crippen LogP) is 2.55. The minimum atomic E-state index is 0.459. The lowest BCUT2D eigenvalue weighted by atomic mass is 10.9. The van der Waals surface area contributed by atoms with Gasteiger partial charge in [-0.25, -0.2) is 9.98 Å². The third-order valence-electron chi connectivity index (χ3n) is 1.03. The summed E-state index contributed by atoms with van der Waals surface area (Å²) in [6.07, 6.45) is 1.71. The number of halogens is 1. The molecule has 2 heterocycles. The van der Waals surface area contributed by atoms with Gasteiger partial charge in [0.1, 0.15) is 0 Å². The van der Waals surface area contributed by atoms with Crippen molar-refractivity contribution in [1.82, 2.24) is 9.36 Å². The quantitative estimate of drug-likeness (QED) is 0.713. The van der Waals surface area contributed by atoms with E-state index in [0.29, 0.717) is 10.3 Å². The molecule has 0 aromatic carbocycles. The van der Waals surface area contributed by atoms with Crippen LogP contribution in [0.5, 0.6) is 0 Å². The lowest BCUT2D eigenvalue weighted by Gasteiger charge is -1.78. The molecule has 12 heavy (non-hydrogen) atoms. The number of hydrogen-bond acceptors (Lipinski definition) is 6. The van der Waals surface area contributed by atoms with E-state index in [-0.39, 0.29) is 0 Å². The van der Waals surface area contributed by atoms with Crippen LogP contribution in [0.25, 0.3) is 0 Å². The van der Waals surface area contributed by atoms with E-state index in [4.69, 9.17) is 11.6 Å². The normalized spacial score (nSPS) is 12.2. The van der Waals surface area contributed by atoms with Crippen LogP contribution in [0, 0.1) is 0 Å². The number of rotatable bonds is 1. The fourth-order valence-electron chi connectivity index (χ4n) is 0.583. The molecule has 0 saturated heterocycles. The molecule has 2 rings (SSSR count). The van der Waals surface area contributed by atoms with Crippen LogP contribution >= 0.6 is 43.8 Å². The molecule has 0 radical (unpaired) electrons. The summed E-state index contributed by atoms with van der Waals surface area (Å²) < 4.78 is 4.64. The van der Waals surface area contributed by atoms with Gasteiger partial charge in [-0.15, -0.1) is 11.3 Å². The van der Waals surface area contributed by atoms with E-state index in [9.17, 15) is 0 Å². The molecule has 0 saturated carbocycles. The molecule has 0 bridgehead atoms. The average Bonchev–Trinajstić information content (AvgIpc) is 2.65. The van der Waals surface area contributed by atoms with Crippen molar-refractivity contribution >= 4 is 48.9 Å². The summed E-state index contributed by atoms with van der Waals surface area (Å²) in [7, 11) is 2.78. The lowest BCUT2D eigenvalue weighted by molar-refractivity contribution is 1.30. The van der Waals surface area contributed by atoms with Gasteiger partial charge in [-0.3, -0.25) is 0 Å². The Morgan fingerprint density at radius 1 is 1.50 bits per heavy atom. The molecule has 0 spiro atoms. The summed E-state index contributed by atoms with van der Waals surface area (Å²) in [5.41, 5.74) is 0. The molecule has 0 aliphatic rings. The van der Waals surface area contributed by atoms with Crippen molar-refractivity contribution in [2.45, 2.75) is 0 Å². The third kappa shape index (κ3) is 1.71. The van der Waals surface area contributed by atoms with Crippen molar-refractivity contribution < 1.29 is 0 Å². The van der Waals surface area contributed by atoms with Crippen LogP contribution in [0.4, 0.5) is 5.13 Å². The third-order valence-corrected chi connectivity index (χ3v) is 3.86. The number of aromatic nitrogens is 2. The van der Waals surface area contributed by atoms with Crippen LogP contribution in [0.2, 0.25) is 5.15 Å².